The number of rotatable bonds is 6. The Morgan fingerprint density at radius 3 is 2.90 bits per heavy atom. The highest BCUT2D eigenvalue weighted by molar-refractivity contribution is 8.14. The quantitative estimate of drug-likeness (QED) is 0.188. The van der Waals surface area contributed by atoms with Crippen LogP contribution in [0, 0.1) is 0 Å². The molecule has 0 saturated carbocycles. The molecule has 0 bridgehead atoms. The molecule has 0 radical (unpaired) electrons. The Morgan fingerprint density at radius 2 is 2.19 bits per heavy atom. The lowest BCUT2D eigenvalue weighted by molar-refractivity contribution is -0.144. The molecule has 0 spiro atoms. The predicted octanol–water partition coefficient (Wildman–Crippen LogP) is 1.11. The molecule has 2 aliphatic heterocycles. The fourth-order valence-corrected chi connectivity index (χ4v) is 3.75. The van der Waals surface area contributed by atoms with Gasteiger partial charge in [0, 0.05) is 16.6 Å². The molecule has 2 saturated heterocycles. The minimum atomic E-state index is -0.571. The summed E-state index contributed by atoms with van der Waals surface area (Å²) in [7, 11) is 0. The first-order chi connectivity index (χ1) is 10.2. The number of carbonyl (C=O) groups excluding carboxylic acids is 2. The average molecular weight is 311 g/mol. The molecule has 0 aromatic heterocycles. The van der Waals surface area contributed by atoms with E-state index in [1.807, 2.05) is 0 Å². The van der Waals surface area contributed by atoms with Crippen LogP contribution in [0.25, 0.3) is 16.0 Å². The minimum Gasteiger partial charge on any atom is -0.360 e. The van der Waals surface area contributed by atoms with Crippen molar-refractivity contribution < 1.29 is 19.2 Å². The first-order valence-corrected chi connectivity index (χ1v) is 7.23. The van der Waals surface area contributed by atoms with Crippen molar-refractivity contribution >= 4 is 28.8 Å². The standard InChI is InChI=1S/C10H13N7O3S/c11-15-9-8-7(13-10(19)14-8)5(21-9)3-1-2-4-6(18)20-17-16-12/h5,7-8H,1-4H2,(H2,13,14,19)/t5-,7+,8+/m1/s1. The second kappa shape index (κ2) is 6.98. The third-order valence-electron chi connectivity index (χ3n) is 3.28. The molecule has 0 aromatic rings. The molecule has 11 heteroatoms. The van der Waals surface area contributed by atoms with Crippen molar-refractivity contribution in [2.24, 2.45) is 5.28 Å². The number of nitrogens with one attached hydrogen (secondary N) is 2. The largest absolute Gasteiger partial charge is 0.360 e. The zero-order chi connectivity index (χ0) is 15.2. The lowest BCUT2D eigenvalue weighted by Gasteiger charge is -2.14. The van der Waals surface area contributed by atoms with E-state index in [-0.39, 0.29) is 29.8 Å². The van der Waals surface area contributed by atoms with Crippen molar-refractivity contribution in [3.05, 3.63) is 16.0 Å². The number of fused-ring (bicyclic) bond motifs is 1. The van der Waals surface area contributed by atoms with Crippen LogP contribution in [0.15, 0.2) is 5.28 Å². The number of hydrogen-bond acceptors (Lipinski definition) is 5. The van der Waals surface area contributed by atoms with E-state index in [9.17, 15) is 9.59 Å². The lowest BCUT2D eigenvalue weighted by atomic mass is 10.0. The van der Waals surface area contributed by atoms with Gasteiger partial charge in [-0.25, -0.2) is 4.79 Å². The Balaban J connectivity index is 1.76. The summed E-state index contributed by atoms with van der Waals surface area (Å²) in [6.45, 7) is 0. The molecular weight excluding hydrogens is 298 g/mol. The average Bonchev–Trinajstić information content (AvgIpc) is 2.99. The van der Waals surface area contributed by atoms with Crippen LogP contribution in [0.3, 0.4) is 0 Å². The van der Waals surface area contributed by atoms with Gasteiger partial charge in [0.1, 0.15) is 5.28 Å². The maximum absolute atomic E-state index is 11.3. The van der Waals surface area contributed by atoms with Gasteiger partial charge < -0.3 is 21.0 Å². The molecule has 2 N–H and O–H groups in total. The normalized spacial score (nSPS) is 26.2. The van der Waals surface area contributed by atoms with Gasteiger partial charge in [-0.1, -0.05) is 6.42 Å². The Kier molecular flexibility index (Phi) is 5.04. The summed E-state index contributed by atoms with van der Waals surface area (Å²) in [5, 5.41) is 8.81. The van der Waals surface area contributed by atoms with Crippen LogP contribution < -0.4 is 10.6 Å². The van der Waals surface area contributed by atoms with Crippen LogP contribution in [-0.2, 0) is 9.63 Å². The highest BCUT2D eigenvalue weighted by Gasteiger charge is 2.51. The van der Waals surface area contributed by atoms with Crippen molar-refractivity contribution in [1.29, 1.82) is 0 Å². The Bertz CT molecular complexity index is 541. The van der Waals surface area contributed by atoms with Gasteiger partial charge >= 0.3 is 17.0 Å². The van der Waals surface area contributed by atoms with Gasteiger partial charge in [-0.2, -0.15) is 4.79 Å². The Morgan fingerprint density at radius 1 is 1.38 bits per heavy atom. The summed E-state index contributed by atoms with van der Waals surface area (Å²) in [5.74, 6) is -0.571. The van der Waals surface area contributed by atoms with Gasteiger partial charge in [0.25, 0.3) is 0 Å². The Hall–Kier alpha value is -2.22. The van der Waals surface area contributed by atoms with Crippen molar-refractivity contribution in [3.63, 3.8) is 0 Å². The van der Waals surface area contributed by atoms with Crippen LogP contribution in [0.5, 0.6) is 0 Å². The summed E-state index contributed by atoms with van der Waals surface area (Å²) in [6.07, 6.45) is 2.24. The van der Waals surface area contributed by atoms with E-state index in [1.165, 1.54) is 11.8 Å². The number of thioether (sulfide) groups is 1. The van der Waals surface area contributed by atoms with Crippen LogP contribution in [0.4, 0.5) is 4.79 Å². The van der Waals surface area contributed by atoms with Gasteiger partial charge in [0.05, 0.1) is 6.04 Å². The van der Waals surface area contributed by atoms with Crippen LogP contribution in [0.1, 0.15) is 25.7 Å². The molecule has 2 rings (SSSR count). The van der Waals surface area contributed by atoms with E-state index in [1.54, 1.807) is 0 Å². The summed E-state index contributed by atoms with van der Waals surface area (Å²) in [6, 6.07) is -0.662. The number of unbranched alkanes of at least 4 members (excludes halogenated alkanes) is 1. The van der Waals surface area contributed by atoms with Gasteiger partial charge in [-0.05, 0) is 30.1 Å². The second-order valence-corrected chi connectivity index (χ2v) is 5.86. The molecular formula is C10H13N7O3S. The first kappa shape index (κ1) is 15.2. The van der Waals surface area contributed by atoms with Crippen molar-refractivity contribution in [2.45, 2.75) is 43.0 Å². The Labute approximate surface area is 123 Å². The topological polar surface area (TPSA) is 153 Å². The lowest BCUT2D eigenvalue weighted by Crippen LogP contribution is -2.38. The summed E-state index contributed by atoms with van der Waals surface area (Å²) in [4.78, 5) is 32.2. The fourth-order valence-electron chi connectivity index (χ4n) is 2.38. The highest BCUT2D eigenvalue weighted by Crippen LogP contribution is 2.34. The van der Waals surface area contributed by atoms with Gasteiger partial charge in [-0.3, -0.25) is 4.79 Å². The minimum absolute atomic E-state index is 0.0907. The van der Waals surface area contributed by atoms with Crippen molar-refractivity contribution in [3.8, 4) is 0 Å². The molecule has 21 heavy (non-hydrogen) atoms. The molecule has 2 fully saturated rings. The maximum atomic E-state index is 11.3. The molecule has 2 amide bonds. The van der Waals surface area contributed by atoms with Crippen molar-refractivity contribution in [2.75, 3.05) is 0 Å². The molecule has 3 atom stereocenters. The van der Waals surface area contributed by atoms with Crippen LogP contribution >= 0.6 is 11.8 Å². The highest BCUT2D eigenvalue weighted by atomic mass is 32.2. The summed E-state index contributed by atoms with van der Waals surface area (Å²) >= 11 is 1.42. The number of carbonyl (C=O) groups is 2. The zero-order valence-corrected chi connectivity index (χ0v) is 11.7. The van der Waals surface area contributed by atoms with Crippen LogP contribution in [0.2, 0.25) is 0 Å². The fraction of sp³-hybridized carbons (Fsp3) is 0.700. The van der Waals surface area contributed by atoms with E-state index >= 15 is 0 Å². The maximum Gasteiger partial charge on any atom is 0.350 e. The number of azide groups is 1. The van der Waals surface area contributed by atoms with Crippen molar-refractivity contribution in [1.82, 2.24) is 10.6 Å². The number of hydrogen-bond donors (Lipinski definition) is 2. The predicted molar refractivity (Wildman–Crippen MR) is 73.0 cm³/mol. The molecule has 0 aliphatic carbocycles. The number of nitrogens with zero attached hydrogens (tertiary/aromatic N) is 5. The monoisotopic (exact) mass is 311 g/mol. The van der Waals surface area contributed by atoms with Crippen LogP contribution in [-0.4, -0.2) is 39.2 Å². The van der Waals surface area contributed by atoms with Gasteiger partial charge in [0.2, 0.25) is 0 Å². The summed E-state index contributed by atoms with van der Waals surface area (Å²) in [5.41, 5.74) is 16.9. The number of urea groups is 1. The molecule has 0 aromatic carbocycles. The van der Waals surface area contributed by atoms with E-state index < -0.39 is 5.97 Å². The molecule has 10 nitrogen and oxygen atoms in total. The van der Waals surface area contributed by atoms with E-state index in [0.717, 1.165) is 12.8 Å². The van der Waals surface area contributed by atoms with E-state index in [0.29, 0.717) is 11.5 Å². The third kappa shape index (κ3) is 3.66. The van der Waals surface area contributed by atoms with E-state index in [2.05, 4.69) is 30.5 Å². The summed E-state index contributed by atoms with van der Waals surface area (Å²) < 4.78 is 0. The molecule has 2 aliphatic rings. The smallest absolute Gasteiger partial charge is 0.350 e. The van der Waals surface area contributed by atoms with Gasteiger partial charge in [0.15, 0.2) is 6.04 Å². The third-order valence-corrected chi connectivity index (χ3v) is 4.69. The van der Waals surface area contributed by atoms with Gasteiger partial charge in [-0.15, -0.1) is 0 Å². The molecule has 0 unspecified atom stereocenters. The SMILES string of the molecule is [N-]=[N+]=NOC(=O)CCCC[C@H]1SC(=[N+]=[N-])[C@H]2NC(=O)N[C@H]21. The number of amides is 2. The second-order valence-electron chi connectivity index (χ2n) is 4.60. The molecule has 112 valence electrons. The first-order valence-electron chi connectivity index (χ1n) is 6.35. The van der Waals surface area contributed by atoms with E-state index in [4.69, 9.17) is 11.1 Å². The molecule has 2 heterocycles. The zero-order valence-electron chi connectivity index (χ0n) is 10.9.